The van der Waals surface area contributed by atoms with E-state index in [0.717, 1.165) is 24.2 Å². The summed E-state index contributed by atoms with van der Waals surface area (Å²) in [4.78, 5) is 11.7. The molecule has 21 heavy (non-hydrogen) atoms. The number of methoxy groups -OCH3 is 1. The standard InChI is InChI=1S/C18H20O3/c1-20-17-12-10-16(11-13-17)14-21-18(19)9-5-8-15-6-3-2-4-7-15/h2-4,6-7,10-13H,5,8-9,14H2,1H3. The summed E-state index contributed by atoms with van der Waals surface area (Å²) >= 11 is 0. The number of hydrogen-bond acceptors (Lipinski definition) is 3. The molecule has 0 amide bonds. The van der Waals surface area contributed by atoms with Crippen LogP contribution in [0.1, 0.15) is 24.0 Å². The molecular formula is C18H20O3. The van der Waals surface area contributed by atoms with E-state index in [9.17, 15) is 4.79 Å². The van der Waals surface area contributed by atoms with Crippen molar-refractivity contribution in [2.24, 2.45) is 0 Å². The summed E-state index contributed by atoms with van der Waals surface area (Å²) in [6, 6.07) is 17.7. The molecule has 0 fully saturated rings. The maximum absolute atomic E-state index is 11.7. The fourth-order valence-electron chi connectivity index (χ4n) is 2.04. The van der Waals surface area contributed by atoms with Gasteiger partial charge in [0, 0.05) is 6.42 Å². The lowest BCUT2D eigenvalue weighted by Crippen LogP contribution is -2.05. The van der Waals surface area contributed by atoms with Gasteiger partial charge in [-0.3, -0.25) is 4.79 Å². The van der Waals surface area contributed by atoms with E-state index in [1.807, 2.05) is 42.5 Å². The third kappa shape index (κ3) is 5.30. The highest BCUT2D eigenvalue weighted by atomic mass is 16.5. The van der Waals surface area contributed by atoms with Crippen LogP contribution in [0.5, 0.6) is 5.75 Å². The van der Waals surface area contributed by atoms with Crippen LogP contribution in [0, 0.1) is 0 Å². The van der Waals surface area contributed by atoms with Crippen molar-refractivity contribution >= 4 is 5.97 Å². The van der Waals surface area contributed by atoms with Gasteiger partial charge in [-0.2, -0.15) is 0 Å². The zero-order valence-corrected chi connectivity index (χ0v) is 12.2. The molecule has 2 rings (SSSR count). The Morgan fingerprint density at radius 3 is 2.33 bits per heavy atom. The van der Waals surface area contributed by atoms with Crippen LogP contribution in [0.15, 0.2) is 54.6 Å². The van der Waals surface area contributed by atoms with Gasteiger partial charge in [0.25, 0.3) is 0 Å². The quantitative estimate of drug-likeness (QED) is 0.726. The second kappa shape index (κ2) is 8.10. The molecule has 110 valence electrons. The van der Waals surface area contributed by atoms with Crippen molar-refractivity contribution in [3.8, 4) is 5.75 Å². The molecule has 0 aliphatic rings. The minimum atomic E-state index is -0.151. The van der Waals surface area contributed by atoms with Crippen LogP contribution in [0.4, 0.5) is 0 Å². The van der Waals surface area contributed by atoms with Gasteiger partial charge < -0.3 is 9.47 Å². The average Bonchev–Trinajstić information content (AvgIpc) is 2.54. The van der Waals surface area contributed by atoms with E-state index in [1.165, 1.54) is 5.56 Å². The maximum atomic E-state index is 11.7. The van der Waals surface area contributed by atoms with Crippen LogP contribution in [0.3, 0.4) is 0 Å². The lowest BCUT2D eigenvalue weighted by Gasteiger charge is -2.06. The third-order valence-corrected chi connectivity index (χ3v) is 3.25. The van der Waals surface area contributed by atoms with Gasteiger partial charge in [-0.05, 0) is 36.1 Å². The highest BCUT2D eigenvalue weighted by Gasteiger charge is 2.04. The van der Waals surface area contributed by atoms with Crippen LogP contribution in [0.2, 0.25) is 0 Å². The van der Waals surface area contributed by atoms with Gasteiger partial charge in [0.1, 0.15) is 12.4 Å². The minimum absolute atomic E-state index is 0.151. The molecule has 0 atom stereocenters. The topological polar surface area (TPSA) is 35.5 Å². The van der Waals surface area contributed by atoms with Crippen LogP contribution >= 0.6 is 0 Å². The van der Waals surface area contributed by atoms with Gasteiger partial charge in [-0.25, -0.2) is 0 Å². The first-order valence-corrected chi connectivity index (χ1v) is 7.10. The SMILES string of the molecule is COc1ccc(COC(=O)CCCc2ccccc2)cc1. The number of carbonyl (C=O) groups is 1. The van der Waals surface area contributed by atoms with E-state index in [1.54, 1.807) is 7.11 Å². The molecule has 0 saturated heterocycles. The number of esters is 1. The normalized spacial score (nSPS) is 10.1. The van der Waals surface area contributed by atoms with Gasteiger partial charge >= 0.3 is 5.97 Å². The summed E-state index contributed by atoms with van der Waals surface area (Å²) in [6.45, 7) is 0.314. The van der Waals surface area contributed by atoms with Crippen LogP contribution in [-0.2, 0) is 22.6 Å². The highest BCUT2D eigenvalue weighted by Crippen LogP contribution is 2.12. The summed E-state index contributed by atoms with van der Waals surface area (Å²) < 4.78 is 10.3. The van der Waals surface area contributed by atoms with Gasteiger partial charge in [0.15, 0.2) is 0 Å². The van der Waals surface area contributed by atoms with Crippen LogP contribution in [-0.4, -0.2) is 13.1 Å². The van der Waals surface area contributed by atoms with E-state index >= 15 is 0 Å². The van der Waals surface area contributed by atoms with Gasteiger partial charge in [-0.1, -0.05) is 42.5 Å². The van der Waals surface area contributed by atoms with Gasteiger partial charge in [-0.15, -0.1) is 0 Å². The molecule has 0 unspecified atom stereocenters. The van der Waals surface area contributed by atoms with Gasteiger partial charge in [0.05, 0.1) is 7.11 Å². The highest BCUT2D eigenvalue weighted by molar-refractivity contribution is 5.69. The van der Waals surface area contributed by atoms with Crippen molar-refractivity contribution in [3.63, 3.8) is 0 Å². The zero-order valence-electron chi connectivity index (χ0n) is 12.2. The minimum Gasteiger partial charge on any atom is -0.497 e. The van der Waals surface area contributed by atoms with Crippen molar-refractivity contribution in [1.29, 1.82) is 0 Å². The number of benzene rings is 2. The Bertz CT molecular complexity index is 546. The molecule has 0 heterocycles. The molecule has 2 aromatic rings. The molecule has 0 aliphatic carbocycles. The van der Waals surface area contributed by atoms with Crippen molar-refractivity contribution < 1.29 is 14.3 Å². The first-order chi connectivity index (χ1) is 10.3. The molecule has 0 N–H and O–H groups in total. The summed E-state index contributed by atoms with van der Waals surface area (Å²) in [5, 5.41) is 0. The predicted molar refractivity (Wildman–Crippen MR) is 82.2 cm³/mol. The fourth-order valence-corrected chi connectivity index (χ4v) is 2.04. The Hall–Kier alpha value is -2.29. The molecule has 0 aliphatic heterocycles. The molecule has 3 nitrogen and oxygen atoms in total. The lowest BCUT2D eigenvalue weighted by molar-refractivity contribution is -0.145. The summed E-state index contributed by atoms with van der Waals surface area (Å²) in [6.07, 6.45) is 2.16. The van der Waals surface area contributed by atoms with E-state index in [2.05, 4.69) is 12.1 Å². The molecule has 0 aromatic heterocycles. The molecule has 0 bridgehead atoms. The first-order valence-electron chi connectivity index (χ1n) is 7.10. The fraction of sp³-hybridized carbons (Fsp3) is 0.278. The van der Waals surface area contributed by atoms with Crippen LogP contribution in [0.25, 0.3) is 0 Å². The van der Waals surface area contributed by atoms with E-state index in [4.69, 9.17) is 9.47 Å². The molecule has 2 aromatic carbocycles. The van der Waals surface area contributed by atoms with Crippen molar-refractivity contribution in [1.82, 2.24) is 0 Å². The smallest absolute Gasteiger partial charge is 0.306 e. The molecular weight excluding hydrogens is 264 g/mol. The molecule has 3 heteroatoms. The Labute approximate surface area is 125 Å². The number of hydrogen-bond donors (Lipinski definition) is 0. The van der Waals surface area contributed by atoms with Crippen molar-refractivity contribution in [3.05, 3.63) is 65.7 Å². The number of aryl methyl sites for hydroxylation is 1. The Kier molecular flexibility index (Phi) is 5.83. The Morgan fingerprint density at radius 2 is 1.67 bits per heavy atom. The number of carbonyl (C=O) groups excluding carboxylic acids is 1. The predicted octanol–water partition coefficient (Wildman–Crippen LogP) is 3.76. The van der Waals surface area contributed by atoms with Crippen molar-refractivity contribution in [2.75, 3.05) is 7.11 Å². The zero-order chi connectivity index (χ0) is 14.9. The molecule has 0 radical (unpaired) electrons. The third-order valence-electron chi connectivity index (χ3n) is 3.25. The second-order valence-electron chi connectivity index (χ2n) is 4.85. The summed E-state index contributed by atoms with van der Waals surface area (Å²) in [5.41, 5.74) is 2.22. The van der Waals surface area contributed by atoms with E-state index in [0.29, 0.717) is 13.0 Å². The monoisotopic (exact) mass is 284 g/mol. The summed E-state index contributed by atoms with van der Waals surface area (Å²) in [7, 11) is 1.63. The van der Waals surface area contributed by atoms with Crippen LogP contribution < -0.4 is 4.74 Å². The Balaban J connectivity index is 1.67. The van der Waals surface area contributed by atoms with E-state index in [-0.39, 0.29) is 5.97 Å². The van der Waals surface area contributed by atoms with E-state index < -0.39 is 0 Å². The first kappa shape index (κ1) is 15.1. The average molecular weight is 284 g/mol. The Morgan fingerprint density at radius 1 is 0.952 bits per heavy atom. The number of ether oxygens (including phenoxy) is 2. The maximum Gasteiger partial charge on any atom is 0.306 e. The van der Waals surface area contributed by atoms with Crippen molar-refractivity contribution in [2.45, 2.75) is 25.9 Å². The molecule has 0 saturated carbocycles. The number of rotatable bonds is 7. The largest absolute Gasteiger partial charge is 0.497 e. The second-order valence-corrected chi connectivity index (χ2v) is 4.85. The van der Waals surface area contributed by atoms with Gasteiger partial charge in [0.2, 0.25) is 0 Å². The molecule has 0 spiro atoms. The lowest BCUT2D eigenvalue weighted by atomic mass is 10.1. The summed E-state index contributed by atoms with van der Waals surface area (Å²) in [5.74, 6) is 0.648.